The number of hydrogen-bond donors (Lipinski definition) is 1. The lowest BCUT2D eigenvalue weighted by Gasteiger charge is -1.99. The van der Waals surface area contributed by atoms with Gasteiger partial charge in [-0.1, -0.05) is 18.2 Å². The summed E-state index contributed by atoms with van der Waals surface area (Å²) in [6.45, 7) is 1.96. The molecule has 0 heterocycles. The summed E-state index contributed by atoms with van der Waals surface area (Å²) >= 11 is 0. The van der Waals surface area contributed by atoms with Crippen molar-refractivity contribution in [3.05, 3.63) is 54.1 Å². The standard InChI is InChI=1S/C13H13N3/c1-10-9-12(7-8-13(10)14)16-15-11-5-3-2-4-6-11/h2-9H,14H2,1H3. The fourth-order valence-electron chi connectivity index (χ4n) is 1.33. The van der Waals surface area contributed by atoms with E-state index in [9.17, 15) is 0 Å². The van der Waals surface area contributed by atoms with Gasteiger partial charge in [-0.15, -0.1) is 0 Å². The third-order valence-electron chi connectivity index (χ3n) is 2.29. The number of nitrogen functional groups attached to an aromatic ring is 1. The number of nitrogens with two attached hydrogens (primary N) is 1. The average Bonchev–Trinajstić information content (AvgIpc) is 2.32. The molecule has 0 bridgehead atoms. The molecule has 0 aromatic heterocycles. The van der Waals surface area contributed by atoms with Gasteiger partial charge in [0.1, 0.15) is 0 Å². The molecule has 2 aromatic carbocycles. The molecule has 2 aromatic rings. The number of aryl methyl sites for hydroxylation is 1. The van der Waals surface area contributed by atoms with Crippen LogP contribution in [0.1, 0.15) is 5.56 Å². The molecule has 2 rings (SSSR count). The van der Waals surface area contributed by atoms with E-state index in [2.05, 4.69) is 10.2 Å². The first-order valence-corrected chi connectivity index (χ1v) is 5.08. The molecule has 0 radical (unpaired) electrons. The zero-order valence-corrected chi connectivity index (χ0v) is 9.09. The van der Waals surface area contributed by atoms with Gasteiger partial charge < -0.3 is 5.73 Å². The van der Waals surface area contributed by atoms with Gasteiger partial charge >= 0.3 is 0 Å². The predicted molar refractivity (Wildman–Crippen MR) is 66.2 cm³/mol. The van der Waals surface area contributed by atoms with Crippen LogP contribution in [0.3, 0.4) is 0 Å². The van der Waals surface area contributed by atoms with Crippen LogP contribution in [0, 0.1) is 6.92 Å². The molecule has 3 heteroatoms. The van der Waals surface area contributed by atoms with E-state index in [4.69, 9.17) is 5.73 Å². The Hall–Kier alpha value is -2.16. The quantitative estimate of drug-likeness (QED) is 0.592. The Balaban J connectivity index is 2.21. The fourth-order valence-corrected chi connectivity index (χ4v) is 1.33. The smallest absolute Gasteiger partial charge is 0.0861 e. The van der Waals surface area contributed by atoms with E-state index in [1.165, 1.54) is 0 Å². The van der Waals surface area contributed by atoms with Crippen LogP contribution in [0.15, 0.2) is 58.8 Å². The first kappa shape index (κ1) is 10.4. The second-order valence-electron chi connectivity index (χ2n) is 3.58. The van der Waals surface area contributed by atoms with Gasteiger partial charge in [-0.25, -0.2) is 0 Å². The number of azo groups is 1. The van der Waals surface area contributed by atoms with Crippen LogP contribution < -0.4 is 5.73 Å². The van der Waals surface area contributed by atoms with Crippen molar-refractivity contribution < 1.29 is 0 Å². The van der Waals surface area contributed by atoms with Gasteiger partial charge in [0.05, 0.1) is 11.4 Å². The maximum Gasteiger partial charge on any atom is 0.0861 e. The van der Waals surface area contributed by atoms with Crippen LogP contribution in [-0.4, -0.2) is 0 Å². The van der Waals surface area contributed by atoms with E-state index in [0.717, 1.165) is 22.6 Å². The monoisotopic (exact) mass is 211 g/mol. The molecule has 0 saturated carbocycles. The first-order valence-electron chi connectivity index (χ1n) is 5.08. The van der Waals surface area contributed by atoms with Gasteiger partial charge in [0.15, 0.2) is 0 Å². The number of anilines is 1. The van der Waals surface area contributed by atoms with Crippen molar-refractivity contribution in [2.45, 2.75) is 6.92 Å². The molecule has 0 amide bonds. The summed E-state index contributed by atoms with van der Waals surface area (Å²) in [5.74, 6) is 0. The summed E-state index contributed by atoms with van der Waals surface area (Å²) in [7, 11) is 0. The maximum absolute atomic E-state index is 5.72. The molecule has 3 nitrogen and oxygen atoms in total. The van der Waals surface area contributed by atoms with Gasteiger partial charge in [-0.3, -0.25) is 0 Å². The van der Waals surface area contributed by atoms with Crippen molar-refractivity contribution in [3.8, 4) is 0 Å². The highest BCUT2D eigenvalue weighted by Crippen LogP contribution is 2.21. The molecule has 0 aliphatic carbocycles. The SMILES string of the molecule is Cc1cc(N=Nc2ccccc2)ccc1N. The predicted octanol–water partition coefficient (Wildman–Crippen LogP) is 3.99. The summed E-state index contributed by atoms with van der Waals surface area (Å²) in [5.41, 5.74) is 9.18. The highest BCUT2D eigenvalue weighted by atomic mass is 15.1. The molecular formula is C13H13N3. The number of rotatable bonds is 2. The summed E-state index contributed by atoms with van der Waals surface area (Å²) in [6.07, 6.45) is 0. The largest absolute Gasteiger partial charge is 0.399 e. The summed E-state index contributed by atoms with van der Waals surface area (Å²) < 4.78 is 0. The maximum atomic E-state index is 5.72. The molecule has 0 saturated heterocycles. The lowest BCUT2D eigenvalue weighted by Crippen LogP contribution is -1.86. The van der Waals surface area contributed by atoms with E-state index in [-0.39, 0.29) is 0 Å². The molecule has 80 valence electrons. The number of hydrogen-bond acceptors (Lipinski definition) is 3. The highest BCUT2D eigenvalue weighted by Gasteiger charge is 1.95. The minimum atomic E-state index is 0.777. The summed E-state index contributed by atoms with van der Waals surface area (Å²) in [5, 5.41) is 8.28. The van der Waals surface area contributed by atoms with Crippen molar-refractivity contribution in [3.63, 3.8) is 0 Å². The molecule has 0 aliphatic heterocycles. The van der Waals surface area contributed by atoms with E-state index >= 15 is 0 Å². The second kappa shape index (κ2) is 4.57. The van der Waals surface area contributed by atoms with E-state index in [1.54, 1.807) is 0 Å². The minimum absolute atomic E-state index is 0.777. The summed E-state index contributed by atoms with van der Waals surface area (Å²) in [4.78, 5) is 0. The average molecular weight is 211 g/mol. The molecule has 0 fully saturated rings. The Kier molecular flexibility index (Phi) is 2.96. The van der Waals surface area contributed by atoms with Crippen LogP contribution in [-0.2, 0) is 0 Å². The Labute approximate surface area is 94.6 Å². The molecule has 0 spiro atoms. The molecule has 0 unspecified atom stereocenters. The van der Waals surface area contributed by atoms with Crippen LogP contribution in [0.5, 0.6) is 0 Å². The van der Waals surface area contributed by atoms with Gasteiger partial charge in [0.25, 0.3) is 0 Å². The second-order valence-corrected chi connectivity index (χ2v) is 3.58. The van der Waals surface area contributed by atoms with E-state index < -0.39 is 0 Å². The Morgan fingerprint density at radius 2 is 1.56 bits per heavy atom. The van der Waals surface area contributed by atoms with Crippen molar-refractivity contribution in [1.29, 1.82) is 0 Å². The summed E-state index contributed by atoms with van der Waals surface area (Å²) in [6, 6.07) is 15.3. The molecule has 0 aliphatic rings. The topological polar surface area (TPSA) is 50.7 Å². The lowest BCUT2D eigenvalue weighted by atomic mass is 10.2. The van der Waals surface area contributed by atoms with Crippen LogP contribution in [0.25, 0.3) is 0 Å². The van der Waals surface area contributed by atoms with Crippen LogP contribution in [0.4, 0.5) is 17.1 Å². The van der Waals surface area contributed by atoms with Gasteiger partial charge in [-0.2, -0.15) is 10.2 Å². The Morgan fingerprint density at radius 3 is 2.25 bits per heavy atom. The molecule has 0 atom stereocenters. The minimum Gasteiger partial charge on any atom is -0.399 e. The van der Waals surface area contributed by atoms with Crippen LogP contribution in [0.2, 0.25) is 0 Å². The van der Waals surface area contributed by atoms with Crippen molar-refractivity contribution >= 4 is 17.1 Å². The van der Waals surface area contributed by atoms with Crippen molar-refractivity contribution in [1.82, 2.24) is 0 Å². The Morgan fingerprint density at radius 1 is 0.875 bits per heavy atom. The third-order valence-corrected chi connectivity index (χ3v) is 2.29. The normalized spacial score (nSPS) is 10.8. The molecule has 2 N–H and O–H groups in total. The van der Waals surface area contributed by atoms with Crippen LogP contribution >= 0.6 is 0 Å². The highest BCUT2D eigenvalue weighted by molar-refractivity contribution is 5.54. The van der Waals surface area contributed by atoms with Crippen molar-refractivity contribution in [2.24, 2.45) is 10.2 Å². The van der Waals surface area contributed by atoms with Gasteiger partial charge in [0, 0.05) is 5.69 Å². The van der Waals surface area contributed by atoms with Gasteiger partial charge in [-0.05, 0) is 42.8 Å². The first-order chi connectivity index (χ1) is 7.75. The van der Waals surface area contributed by atoms with Crippen molar-refractivity contribution in [2.75, 3.05) is 5.73 Å². The fraction of sp³-hybridized carbons (Fsp3) is 0.0769. The van der Waals surface area contributed by atoms with E-state index in [1.807, 2.05) is 55.5 Å². The number of nitrogens with zero attached hydrogens (tertiary/aromatic N) is 2. The zero-order valence-electron chi connectivity index (χ0n) is 9.09. The third kappa shape index (κ3) is 2.45. The van der Waals surface area contributed by atoms with Gasteiger partial charge in [0.2, 0.25) is 0 Å². The number of benzene rings is 2. The zero-order chi connectivity index (χ0) is 11.4. The molecular weight excluding hydrogens is 198 g/mol. The van der Waals surface area contributed by atoms with E-state index in [0.29, 0.717) is 0 Å². The lowest BCUT2D eigenvalue weighted by molar-refractivity contribution is 1.22. The molecule has 16 heavy (non-hydrogen) atoms. The Bertz CT molecular complexity index is 504.